The van der Waals surface area contributed by atoms with E-state index in [9.17, 15) is 9.59 Å². The highest BCUT2D eigenvalue weighted by Gasteiger charge is 2.22. The average Bonchev–Trinajstić information content (AvgIpc) is 2.87. The molecule has 1 atom stereocenters. The molecule has 0 fully saturated rings. The molecule has 0 aliphatic rings. The van der Waals surface area contributed by atoms with Gasteiger partial charge in [0.25, 0.3) is 0 Å². The standard InChI is InChI=1S/C16H21NO5/c1-16(2,3)22-15(20)17-13(14(18)19)8-6-4-5-7-12-9-10-21-11-12/h4-7,9-11,13H,8H2,1-3H3,(H,17,20)(H,18,19)/b6-4+,7-5+/t13-/m0/s1. The molecule has 0 aliphatic carbocycles. The van der Waals surface area contributed by atoms with Crippen molar-refractivity contribution in [1.82, 2.24) is 5.32 Å². The second-order valence-corrected chi connectivity index (χ2v) is 5.62. The predicted molar refractivity (Wildman–Crippen MR) is 82.3 cm³/mol. The molecule has 0 unspecified atom stereocenters. The van der Waals surface area contributed by atoms with E-state index in [1.807, 2.05) is 6.08 Å². The Hall–Kier alpha value is -2.50. The summed E-state index contributed by atoms with van der Waals surface area (Å²) < 4.78 is 9.94. The Balaban J connectivity index is 2.47. The van der Waals surface area contributed by atoms with Gasteiger partial charge in [0.2, 0.25) is 0 Å². The van der Waals surface area contributed by atoms with Gasteiger partial charge in [-0.15, -0.1) is 0 Å². The molecule has 120 valence electrons. The summed E-state index contributed by atoms with van der Waals surface area (Å²) in [5, 5.41) is 11.4. The second kappa shape index (κ2) is 8.07. The van der Waals surface area contributed by atoms with Crippen molar-refractivity contribution in [3.63, 3.8) is 0 Å². The Morgan fingerprint density at radius 3 is 2.68 bits per heavy atom. The van der Waals surface area contributed by atoms with Gasteiger partial charge in [0.05, 0.1) is 12.5 Å². The van der Waals surface area contributed by atoms with E-state index in [1.165, 1.54) is 0 Å². The fraction of sp³-hybridized carbons (Fsp3) is 0.375. The first-order chi connectivity index (χ1) is 10.3. The number of amides is 1. The molecule has 1 aromatic heterocycles. The molecule has 0 aromatic carbocycles. The van der Waals surface area contributed by atoms with E-state index in [-0.39, 0.29) is 6.42 Å². The van der Waals surface area contributed by atoms with Crippen LogP contribution >= 0.6 is 0 Å². The lowest BCUT2D eigenvalue weighted by molar-refractivity contribution is -0.139. The molecule has 6 nitrogen and oxygen atoms in total. The molecule has 1 aromatic rings. The molecule has 0 spiro atoms. The van der Waals surface area contributed by atoms with Crippen LogP contribution in [-0.4, -0.2) is 28.8 Å². The number of carbonyl (C=O) groups excluding carboxylic acids is 1. The van der Waals surface area contributed by atoms with Gasteiger partial charge in [-0.1, -0.05) is 24.3 Å². The van der Waals surface area contributed by atoms with E-state index in [0.717, 1.165) is 5.56 Å². The normalized spacial score (nSPS) is 13.4. The fourth-order valence-corrected chi connectivity index (χ4v) is 1.50. The van der Waals surface area contributed by atoms with Crippen LogP contribution in [0.25, 0.3) is 6.08 Å². The van der Waals surface area contributed by atoms with Gasteiger partial charge in [-0.3, -0.25) is 0 Å². The number of carbonyl (C=O) groups is 2. The third-order valence-electron chi connectivity index (χ3n) is 2.44. The first kappa shape index (κ1) is 17.6. The van der Waals surface area contributed by atoms with Gasteiger partial charge >= 0.3 is 12.1 Å². The average molecular weight is 307 g/mol. The van der Waals surface area contributed by atoms with Crippen LogP contribution in [0.15, 0.2) is 41.2 Å². The number of hydrogen-bond acceptors (Lipinski definition) is 4. The molecule has 1 heterocycles. The van der Waals surface area contributed by atoms with E-state index in [2.05, 4.69) is 5.32 Å². The van der Waals surface area contributed by atoms with Crippen LogP contribution in [0.5, 0.6) is 0 Å². The van der Waals surface area contributed by atoms with Gasteiger partial charge in [0, 0.05) is 5.56 Å². The zero-order valence-electron chi connectivity index (χ0n) is 12.9. The van der Waals surface area contributed by atoms with Crippen molar-refractivity contribution in [2.24, 2.45) is 0 Å². The second-order valence-electron chi connectivity index (χ2n) is 5.62. The maximum absolute atomic E-state index is 11.6. The summed E-state index contributed by atoms with van der Waals surface area (Å²) >= 11 is 0. The number of allylic oxidation sites excluding steroid dienone is 2. The SMILES string of the molecule is CC(C)(C)OC(=O)N[C@@H](C/C=C/C=C/c1ccoc1)C(=O)O. The highest BCUT2D eigenvalue weighted by atomic mass is 16.6. The number of alkyl carbamates (subject to hydrolysis) is 1. The van der Waals surface area contributed by atoms with Crippen molar-refractivity contribution in [3.05, 3.63) is 42.4 Å². The smallest absolute Gasteiger partial charge is 0.408 e. The number of nitrogens with one attached hydrogen (secondary N) is 1. The van der Waals surface area contributed by atoms with E-state index in [1.54, 1.807) is 57.6 Å². The Morgan fingerprint density at radius 1 is 1.41 bits per heavy atom. The van der Waals surface area contributed by atoms with Crippen LogP contribution in [0.3, 0.4) is 0 Å². The van der Waals surface area contributed by atoms with Gasteiger partial charge in [0.15, 0.2) is 0 Å². The molecular formula is C16H21NO5. The first-order valence-corrected chi connectivity index (χ1v) is 6.85. The largest absolute Gasteiger partial charge is 0.480 e. The summed E-state index contributed by atoms with van der Waals surface area (Å²) in [6.45, 7) is 5.13. The molecule has 22 heavy (non-hydrogen) atoms. The van der Waals surface area contributed by atoms with Crippen LogP contribution < -0.4 is 5.32 Å². The van der Waals surface area contributed by atoms with Crippen LogP contribution in [0.4, 0.5) is 4.79 Å². The topological polar surface area (TPSA) is 88.8 Å². The number of furan rings is 1. The molecule has 1 rings (SSSR count). The quantitative estimate of drug-likeness (QED) is 0.788. The van der Waals surface area contributed by atoms with Crippen molar-refractivity contribution < 1.29 is 23.8 Å². The minimum Gasteiger partial charge on any atom is -0.480 e. The van der Waals surface area contributed by atoms with Gasteiger partial charge in [-0.2, -0.15) is 0 Å². The molecular weight excluding hydrogens is 286 g/mol. The van der Waals surface area contributed by atoms with Crippen molar-refractivity contribution in [3.8, 4) is 0 Å². The minimum atomic E-state index is -1.12. The number of rotatable bonds is 6. The van der Waals surface area contributed by atoms with Gasteiger partial charge in [-0.25, -0.2) is 9.59 Å². The van der Waals surface area contributed by atoms with Crippen molar-refractivity contribution >= 4 is 18.1 Å². The summed E-state index contributed by atoms with van der Waals surface area (Å²) in [4.78, 5) is 22.7. The lowest BCUT2D eigenvalue weighted by Gasteiger charge is -2.21. The molecule has 0 aliphatic heterocycles. The van der Waals surface area contributed by atoms with Gasteiger partial charge < -0.3 is 19.6 Å². The molecule has 0 saturated heterocycles. The number of aliphatic carboxylic acids is 1. The van der Waals surface area contributed by atoms with Gasteiger partial charge in [-0.05, 0) is 33.3 Å². The maximum atomic E-state index is 11.6. The molecule has 2 N–H and O–H groups in total. The van der Waals surface area contributed by atoms with Crippen LogP contribution in [0.1, 0.15) is 32.8 Å². The third kappa shape index (κ3) is 7.33. The highest BCUT2D eigenvalue weighted by Crippen LogP contribution is 2.07. The maximum Gasteiger partial charge on any atom is 0.408 e. The molecule has 0 bridgehead atoms. The van der Waals surface area contributed by atoms with Crippen LogP contribution in [-0.2, 0) is 9.53 Å². The van der Waals surface area contributed by atoms with E-state index in [0.29, 0.717) is 0 Å². The molecule has 6 heteroatoms. The van der Waals surface area contributed by atoms with E-state index < -0.39 is 23.7 Å². The van der Waals surface area contributed by atoms with Crippen LogP contribution in [0.2, 0.25) is 0 Å². The summed E-state index contributed by atoms with van der Waals surface area (Å²) in [7, 11) is 0. The number of carboxylic acid groups (broad SMARTS) is 1. The number of ether oxygens (including phenoxy) is 1. The summed E-state index contributed by atoms with van der Waals surface area (Å²) in [6, 6.07) is 0.766. The van der Waals surface area contributed by atoms with Crippen molar-refractivity contribution in [1.29, 1.82) is 0 Å². The van der Waals surface area contributed by atoms with Crippen molar-refractivity contribution in [2.75, 3.05) is 0 Å². The van der Waals surface area contributed by atoms with E-state index >= 15 is 0 Å². The van der Waals surface area contributed by atoms with Gasteiger partial charge in [0.1, 0.15) is 11.6 Å². The van der Waals surface area contributed by atoms with E-state index in [4.69, 9.17) is 14.3 Å². The highest BCUT2D eigenvalue weighted by molar-refractivity contribution is 5.80. The zero-order chi connectivity index (χ0) is 16.6. The summed E-state index contributed by atoms with van der Waals surface area (Å²) in [6.07, 6.45) is 9.51. The Morgan fingerprint density at radius 2 is 2.14 bits per heavy atom. The Labute approximate surface area is 129 Å². The first-order valence-electron chi connectivity index (χ1n) is 6.85. The fourth-order valence-electron chi connectivity index (χ4n) is 1.50. The number of carboxylic acids is 1. The zero-order valence-corrected chi connectivity index (χ0v) is 12.9. The molecule has 1 amide bonds. The Bertz CT molecular complexity index is 537. The van der Waals surface area contributed by atoms with Crippen LogP contribution in [0, 0.1) is 0 Å². The minimum absolute atomic E-state index is 0.157. The monoisotopic (exact) mass is 307 g/mol. The number of hydrogen-bond donors (Lipinski definition) is 2. The lowest BCUT2D eigenvalue weighted by Crippen LogP contribution is -2.43. The summed E-state index contributed by atoms with van der Waals surface area (Å²) in [5.41, 5.74) is 0.238. The predicted octanol–water partition coefficient (Wildman–Crippen LogP) is 3.22. The lowest BCUT2D eigenvalue weighted by atomic mass is 10.2. The molecule has 0 radical (unpaired) electrons. The summed E-state index contributed by atoms with van der Waals surface area (Å²) in [5.74, 6) is -1.12. The third-order valence-corrected chi connectivity index (χ3v) is 2.44. The Kier molecular flexibility index (Phi) is 6.44. The molecule has 0 saturated carbocycles. The van der Waals surface area contributed by atoms with Crippen molar-refractivity contribution in [2.45, 2.75) is 38.8 Å².